The van der Waals surface area contributed by atoms with Crippen molar-refractivity contribution in [1.29, 1.82) is 0 Å². The molecule has 1 aromatic heterocycles. The summed E-state index contributed by atoms with van der Waals surface area (Å²) in [7, 11) is 0. The van der Waals surface area contributed by atoms with Crippen molar-refractivity contribution in [3.63, 3.8) is 0 Å². The molecule has 0 radical (unpaired) electrons. The van der Waals surface area contributed by atoms with Crippen molar-refractivity contribution in [1.82, 2.24) is 30.5 Å². The van der Waals surface area contributed by atoms with Gasteiger partial charge in [-0.1, -0.05) is 67.9 Å². The zero-order valence-corrected chi connectivity index (χ0v) is 24.2. The Morgan fingerprint density at radius 2 is 1.83 bits per heavy atom. The van der Waals surface area contributed by atoms with E-state index in [9.17, 15) is 19.5 Å². The molecule has 2 bridgehead atoms. The highest BCUT2D eigenvalue weighted by Gasteiger charge is 2.78. The van der Waals surface area contributed by atoms with Gasteiger partial charge in [0.1, 0.15) is 23.8 Å². The predicted octanol–water partition coefficient (Wildman–Crippen LogP) is 1.99. The fourth-order valence-electron chi connectivity index (χ4n) is 7.41. The maximum atomic E-state index is 14.4. The summed E-state index contributed by atoms with van der Waals surface area (Å²) in [6.07, 6.45) is 1.70. The highest BCUT2D eigenvalue weighted by atomic mass is 16.5. The number of nitrogens with zero attached hydrogens (tertiary/aromatic N) is 4. The number of hydrogen-bond donors (Lipinski definition) is 3. The highest BCUT2D eigenvalue weighted by Crippen LogP contribution is 2.63. The molecule has 0 saturated carbocycles. The van der Waals surface area contributed by atoms with Gasteiger partial charge in [0, 0.05) is 6.54 Å². The molecular weight excluding hydrogens is 536 g/mol. The third-order valence-electron chi connectivity index (χ3n) is 9.72. The maximum absolute atomic E-state index is 14.4. The van der Waals surface area contributed by atoms with Gasteiger partial charge < -0.3 is 25.4 Å². The molecule has 7 atom stereocenters. The lowest BCUT2D eigenvalue weighted by Gasteiger charge is -2.39. The minimum Gasteiger partial charge on any atom is -0.394 e. The van der Waals surface area contributed by atoms with E-state index in [2.05, 4.69) is 20.9 Å². The molecule has 3 amide bonds. The van der Waals surface area contributed by atoms with Crippen LogP contribution in [0.3, 0.4) is 0 Å². The Hall–Kier alpha value is -3.83. The number of aromatic nitrogens is 3. The number of amides is 3. The molecule has 0 aliphatic carbocycles. The number of nitrogens with one attached hydrogen (secondary N) is 2. The first-order chi connectivity index (χ1) is 20.2. The number of benzene rings is 2. The molecule has 3 aromatic rings. The molecule has 3 N–H and O–H groups in total. The van der Waals surface area contributed by atoms with Crippen LogP contribution >= 0.6 is 0 Å². The Balaban J connectivity index is 1.32. The van der Waals surface area contributed by atoms with E-state index in [1.165, 1.54) is 4.90 Å². The van der Waals surface area contributed by atoms with E-state index in [0.717, 1.165) is 11.1 Å². The number of ether oxygens (including phenoxy) is 1. The highest BCUT2D eigenvalue weighted by molar-refractivity contribution is 5.99. The SMILES string of the molecule is CC[C@H](C)[C@H](CO)N1C(=O)[C@@H]2[C@H](C(=O)NCc3ccccc3)[C@]3(C)CCC2(O3)C1C(=O)NCn1nnc2ccccc21. The normalized spacial score (nSPS) is 29.5. The molecule has 11 nitrogen and oxygen atoms in total. The first-order valence-electron chi connectivity index (χ1n) is 14.7. The third kappa shape index (κ3) is 4.37. The Morgan fingerprint density at radius 1 is 1.10 bits per heavy atom. The first kappa shape index (κ1) is 28.3. The number of fused-ring (bicyclic) bond motifs is 2. The van der Waals surface area contributed by atoms with E-state index >= 15 is 0 Å². The lowest BCUT2D eigenvalue weighted by Crippen LogP contribution is -2.59. The average Bonchev–Trinajstić information content (AvgIpc) is 3.71. The lowest BCUT2D eigenvalue weighted by atomic mass is 9.66. The Labute approximate surface area is 244 Å². The molecule has 3 saturated heterocycles. The zero-order valence-electron chi connectivity index (χ0n) is 24.2. The molecule has 3 fully saturated rings. The number of hydrogen-bond acceptors (Lipinski definition) is 7. The summed E-state index contributed by atoms with van der Waals surface area (Å²) in [6.45, 7) is 5.89. The van der Waals surface area contributed by atoms with Gasteiger partial charge in [-0.2, -0.15) is 0 Å². The van der Waals surface area contributed by atoms with Crippen LogP contribution in [0.4, 0.5) is 0 Å². The molecule has 42 heavy (non-hydrogen) atoms. The van der Waals surface area contributed by atoms with Crippen molar-refractivity contribution in [2.45, 2.75) is 76.5 Å². The summed E-state index contributed by atoms with van der Waals surface area (Å²) in [5.41, 5.74) is 0.343. The van der Waals surface area contributed by atoms with Gasteiger partial charge in [0.05, 0.1) is 35.6 Å². The van der Waals surface area contributed by atoms with Crippen molar-refractivity contribution in [2.75, 3.05) is 6.61 Å². The summed E-state index contributed by atoms with van der Waals surface area (Å²) in [5.74, 6) is -2.67. The Bertz CT molecular complexity index is 1500. The smallest absolute Gasteiger partial charge is 0.247 e. The molecule has 6 rings (SSSR count). The molecule has 11 heteroatoms. The van der Waals surface area contributed by atoms with Crippen LogP contribution in [0, 0.1) is 17.8 Å². The molecule has 4 heterocycles. The van der Waals surface area contributed by atoms with Crippen molar-refractivity contribution in [3.8, 4) is 0 Å². The van der Waals surface area contributed by atoms with Gasteiger partial charge in [0.2, 0.25) is 17.7 Å². The summed E-state index contributed by atoms with van der Waals surface area (Å²) in [6, 6.07) is 15.4. The van der Waals surface area contributed by atoms with Crippen LogP contribution < -0.4 is 10.6 Å². The lowest BCUT2D eigenvalue weighted by molar-refractivity contribution is -0.151. The van der Waals surface area contributed by atoms with E-state index in [4.69, 9.17) is 4.74 Å². The standard InChI is InChI=1S/C31H38N6O5/c1-4-19(2)23(17-38)37-26(28(40)33-18-36-22-13-9-8-12-21(22)34-35-36)31-15-14-30(3,42-31)24(25(31)29(37)41)27(39)32-16-20-10-6-5-7-11-20/h5-13,19,23-26,38H,4,14-18H2,1-3H3,(H,32,39)(H,33,40)/t19-,23-,24+,25-,26?,30-,31?/m0/s1. The van der Waals surface area contributed by atoms with E-state index in [1.54, 1.807) is 4.68 Å². The second-order valence-corrected chi connectivity index (χ2v) is 12.1. The Morgan fingerprint density at radius 3 is 2.57 bits per heavy atom. The summed E-state index contributed by atoms with van der Waals surface area (Å²) in [5, 5.41) is 24.8. The number of carbonyl (C=O) groups excluding carboxylic acids is 3. The number of para-hydroxylation sites is 1. The molecule has 1 spiro atoms. The van der Waals surface area contributed by atoms with Crippen LogP contribution in [-0.2, 0) is 32.3 Å². The molecule has 222 valence electrons. The second kappa shape index (κ2) is 10.8. The number of aliphatic hydroxyl groups is 1. The topological polar surface area (TPSA) is 139 Å². The number of carbonyl (C=O) groups is 3. The molecule has 3 aliphatic rings. The minimum atomic E-state index is -1.18. The minimum absolute atomic E-state index is 0.0456. The summed E-state index contributed by atoms with van der Waals surface area (Å²) in [4.78, 5) is 43.9. The summed E-state index contributed by atoms with van der Waals surface area (Å²) < 4.78 is 8.30. The van der Waals surface area contributed by atoms with Crippen molar-refractivity contribution >= 4 is 28.8 Å². The van der Waals surface area contributed by atoms with Gasteiger partial charge in [0.15, 0.2) is 0 Å². The van der Waals surface area contributed by atoms with Crippen molar-refractivity contribution < 1.29 is 24.2 Å². The van der Waals surface area contributed by atoms with Crippen LogP contribution in [0.1, 0.15) is 45.6 Å². The number of likely N-dealkylation sites (tertiary alicyclic amines) is 1. The van der Waals surface area contributed by atoms with Crippen LogP contribution in [-0.4, -0.2) is 72.6 Å². The molecule has 2 aromatic carbocycles. The van der Waals surface area contributed by atoms with Gasteiger partial charge >= 0.3 is 0 Å². The van der Waals surface area contributed by atoms with E-state index in [1.807, 2.05) is 75.4 Å². The van der Waals surface area contributed by atoms with Gasteiger partial charge in [0.25, 0.3) is 0 Å². The maximum Gasteiger partial charge on any atom is 0.247 e. The monoisotopic (exact) mass is 574 g/mol. The van der Waals surface area contributed by atoms with E-state index in [0.29, 0.717) is 31.3 Å². The van der Waals surface area contributed by atoms with E-state index in [-0.39, 0.29) is 31.0 Å². The third-order valence-corrected chi connectivity index (χ3v) is 9.72. The quantitative estimate of drug-likeness (QED) is 0.337. The fraction of sp³-hybridized carbons (Fsp3) is 0.516. The van der Waals surface area contributed by atoms with Crippen molar-refractivity contribution in [3.05, 3.63) is 60.2 Å². The summed E-state index contributed by atoms with van der Waals surface area (Å²) >= 11 is 0. The van der Waals surface area contributed by atoms with Crippen LogP contribution in [0.15, 0.2) is 54.6 Å². The first-order valence-corrected chi connectivity index (χ1v) is 14.7. The molecular formula is C31H38N6O5. The number of rotatable bonds is 10. The van der Waals surface area contributed by atoms with Crippen LogP contribution in [0.25, 0.3) is 11.0 Å². The average molecular weight is 575 g/mol. The van der Waals surface area contributed by atoms with Gasteiger partial charge in [-0.15, -0.1) is 5.10 Å². The predicted molar refractivity (Wildman–Crippen MR) is 153 cm³/mol. The number of aliphatic hydroxyl groups excluding tert-OH is 1. The van der Waals surface area contributed by atoms with Gasteiger partial charge in [-0.3, -0.25) is 14.4 Å². The molecule has 3 aliphatic heterocycles. The largest absolute Gasteiger partial charge is 0.394 e. The van der Waals surface area contributed by atoms with Gasteiger partial charge in [-0.25, -0.2) is 4.68 Å². The second-order valence-electron chi connectivity index (χ2n) is 12.1. The molecule has 2 unspecified atom stereocenters. The Kier molecular flexibility index (Phi) is 7.26. The van der Waals surface area contributed by atoms with Gasteiger partial charge in [-0.05, 0) is 43.4 Å². The fourth-order valence-corrected chi connectivity index (χ4v) is 7.41. The van der Waals surface area contributed by atoms with Crippen LogP contribution in [0.5, 0.6) is 0 Å². The zero-order chi connectivity index (χ0) is 29.6. The van der Waals surface area contributed by atoms with E-state index < -0.39 is 41.0 Å². The van der Waals surface area contributed by atoms with Crippen LogP contribution in [0.2, 0.25) is 0 Å². The van der Waals surface area contributed by atoms with Crippen molar-refractivity contribution in [2.24, 2.45) is 17.8 Å².